The second-order valence-corrected chi connectivity index (χ2v) is 5.95. The molecule has 1 heterocycles. The average Bonchev–Trinajstić information content (AvgIpc) is 2.32. The van der Waals surface area contributed by atoms with Gasteiger partial charge in [0.2, 0.25) is 10.0 Å². The van der Waals surface area contributed by atoms with Crippen molar-refractivity contribution in [2.45, 2.75) is 17.1 Å². The van der Waals surface area contributed by atoms with Crippen LogP contribution in [0.2, 0.25) is 0 Å². The number of rotatable bonds is 2. The first-order chi connectivity index (χ1) is 8.84. The second kappa shape index (κ2) is 5.08. The second-order valence-electron chi connectivity index (χ2n) is 4.10. The molecule has 0 unspecified atom stereocenters. The number of halogens is 1. The number of nitrogens with zero attached hydrogens (tertiary/aromatic N) is 1. The number of aliphatic hydroxyl groups excluding tert-OH is 1. The maximum atomic E-state index is 13.3. The van der Waals surface area contributed by atoms with E-state index in [0.717, 1.165) is 18.2 Å². The molecule has 1 fully saturated rings. The van der Waals surface area contributed by atoms with Crippen LogP contribution in [0.3, 0.4) is 0 Å². The van der Waals surface area contributed by atoms with Crippen LogP contribution in [-0.4, -0.2) is 51.1 Å². The lowest BCUT2D eigenvalue weighted by molar-refractivity contribution is -0.0765. The Bertz CT molecular complexity index is 573. The third-order valence-corrected chi connectivity index (χ3v) is 4.64. The van der Waals surface area contributed by atoms with Crippen LogP contribution in [0.4, 0.5) is 10.1 Å². The van der Waals surface area contributed by atoms with Crippen molar-refractivity contribution in [1.29, 1.82) is 0 Å². The Kier molecular flexibility index (Phi) is 3.81. The van der Waals surface area contributed by atoms with Gasteiger partial charge in [0.25, 0.3) is 0 Å². The summed E-state index contributed by atoms with van der Waals surface area (Å²) in [6.07, 6.45) is -1.41. The predicted molar refractivity (Wildman–Crippen MR) is 66.2 cm³/mol. The summed E-state index contributed by atoms with van der Waals surface area (Å²) in [5.41, 5.74) is 5.13. The molecule has 0 saturated carbocycles. The summed E-state index contributed by atoms with van der Waals surface area (Å²) < 4.78 is 43.6. The van der Waals surface area contributed by atoms with Gasteiger partial charge in [0.1, 0.15) is 12.0 Å². The summed E-state index contributed by atoms with van der Waals surface area (Å²) in [7, 11) is 1.49. The molecular weight excluding hydrogens is 274 g/mol. The zero-order valence-corrected chi connectivity index (χ0v) is 10.7. The highest BCUT2D eigenvalue weighted by Gasteiger charge is 2.37. The minimum atomic E-state index is -4.12. The quantitative estimate of drug-likeness (QED) is 0.551. The standard InChI is InChI=1S/C10H12BFN2O4S/c11-9-4-18-5-10(15)14(9)19(16,17)6-1-2-8(13)7(12)3-6/h1-3,9-10,15H,4-5,13H2/t9-,10-/m1/s1. The molecule has 1 aromatic rings. The van der Waals surface area contributed by atoms with Crippen LogP contribution < -0.4 is 5.73 Å². The molecule has 1 aliphatic rings. The highest BCUT2D eigenvalue weighted by atomic mass is 32.2. The van der Waals surface area contributed by atoms with E-state index in [1.165, 1.54) is 0 Å². The number of aliphatic hydroxyl groups is 1. The van der Waals surface area contributed by atoms with E-state index in [9.17, 15) is 17.9 Å². The van der Waals surface area contributed by atoms with Gasteiger partial charge in [0, 0.05) is 5.94 Å². The van der Waals surface area contributed by atoms with E-state index in [4.69, 9.17) is 18.3 Å². The Morgan fingerprint density at radius 3 is 2.74 bits per heavy atom. The van der Waals surface area contributed by atoms with E-state index in [2.05, 4.69) is 0 Å². The minimum Gasteiger partial charge on any atom is -0.396 e. The molecule has 1 aromatic carbocycles. The smallest absolute Gasteiger partial charge is 0.245 e. The van der Waals surface area contributed by atoms with Crippen molar-refractivity contribution in [3.8, 4) is 0 Å². The Hall–Kier alpha value is -1.16. The Labute approximate surface area is 111 Å². The van der Waals surface area contributed by atoms with E-state index >= 15 is 0 Å². The van der Waals surface area contributed by atoms with Crippen molar-refractivity contribution >= 4 is 23.6 Å². The van der Waals surface area contributed by atoms with Crippen LogP contribution in [0.5, 0.6) is 0 Å². The van der Waals surface area contributed by atoms with E-state index in [0.29, 0.717) is 4.31 Å². The molecule has 1 aliphatic heterocycles. The topological polar surface area (TPSA) is 92.9 Å². The molecule has 2 rings (SSSR count). The molecule has 0 spiro atoms. The van der Waals surface area contributed by atoms with Gasteiger partial charge >= 0.3 is 0 Å². The van der Waals surface area contributed by atoms with Gasteiger partial charge in [-0.2, -0.15) is 4.31 Å². The van der Waals surface area contributed by atoms with Crippen molar-refractivity contribution in [3.63, 3.8) is 0 Å². The largest absolute Gasteiger partial charge is 0.396 e. The maximum absolute atomic E-state index is 13.3. The molecule has 2 atom stereocenters. The summed E-state index contributed by atoms with van der Waals surface area (Å²) in [5.74, 6) is -1.88. The Balaban J connectivity index is 2.43. The zero-order chi connectivity index (χ0) is 14.2. The third kappa shape index (κ3) is 2.59. The van der Waals surface area contributed by atoms with Gasteiger partial charge < -0.3 is 15.6 Å². The number of anilines is 1. The SMILES string of the molecule is [B][C@H]1COC[C@@H](O)N1S(=O)(=O)c1ccc(N)c(F)c1. The summed E-state index contributed by atoms with van der Waals surface area (Å²) in [6, 6.07) is 3.09. The molecule has 19 heavy (non-hydrogen) atoms. The Morgan fingerprint density at radius 2 is 2.16 bits per heavy atom. The summed E-state index contributed by atoms with van der Waals surface area (Å²) in [6.45, 7) is -0.238. The number of sulfonamides is 1. The molecule has 0 bridgehead atoms. The van der Waals surface area contributed by atoms with Gasteiger partial charge in [-0.3, -0.25) is 0 Å². The van der Waals surface area contributed by atoms with E-state index < -0.39 is 28.0 Å². The van der Waals surface area contributed by atoms with Crippen LogP contribution >= 0.6 is 0 Å². The first kappa shape index (κ1) is 14.3. The van der Waals surface area contributed by atoms with Gasteiger partial charge in [-0.25, -0.2) is 12.8 Å². The molecule has 6 nitrogen and oxygen atoms in total. The lowest BCUT2D eigenvalue weighted by Gasteiger charge is -2.36. The molecular formula is C10H12BFN2O4S. The van der Waals surface area contributed by atoms with Crippen LogP contribution in [-0.2, 0) is 14.8 Å². The van der Waals surface area contributed by atoms with Gasteiger partial charge in [0.05, 0.1) is 31.6 Å². The monoisotopic (exact) mass is 286 g/mol. The fourth-order valence-electron chi connectivity index (χ4n) is 1.79. The average molecular weight is 286 g/mol. The number of nitrogen functional groups attached to an aromatic ring is 1. The lowest BCUT2D eigenvalue weighted by atomic mass is 9.97. The highest BCUT2D eigenvalue weighted by molar-refractivity contribution is 7.89. The van der Waals surface area contributed by atoms with E-state index in [1.807, 2.05) is 0 Å². The number of hydrogen-bond donors (Lipinski definition) is 2. The van der Waals surface area contributed by atoms with E-state index in [-0.39, 0.29) is 23.8 Å². The number of hydrogen-bond acceptors (Lipinski definition) is 5. The maximum Gasteiger partial charge on any atom is 0.245 e. The van der Waals surface area contributed by atoms with Crippen molar-refractivity contribution in [1.82, 2.24) is 4.31 Å². The normalized spacial score (nSPS) is 25.4. The summed E-state index contributed by atoms with van der Waals surface area (Å²) in [5, 5.41) is 9.68. The molecule has 9 heteroatoms. The summed E-state index contributed by atoms with van der Waals surface area (Å²) in [4.78, 5) is -0.324. The molecule has 1 saturated heterocycles. The minimum absolute atomic E-state index is 0.0479. The van der Waals surface area contributed by atoms with Crippen molar-refractivity contribution < 1.29 is 22.7 Å². The first-order valence-corrected chi connectivity index (χ1v) is 6.88. The molecule has 0 aromatic heterocycles. The molecule has 0 amide bonds. The van der Waals surface area contributed by atoms with Crippen LogP contribution in [0.25, 0.3) is 0 Å². The van der Waals surface area contributed by atoms with Gasteiger partial charge in [-0.05, 0) is 18.2 Å². The van der Waals surface area contributed by atoms with Crippen molar-refractivity contribution in [2.75, 3.05) is 18.9 Å². The molecule has 3 N–H and O–H groups in total. The van der Waals surface area contributed by atoms with Crippen LogP contribution in [0.1, 0.15) is 0 Å². The van der Waals surface area contributed by atoms with Crippen molar-refractivity contribution in [2.24, 2.45) is 0 Å². The fourth-order valence-corrected chi connectivity index (χ4v) is 3.33. The number of ether oxygens (including phenoxy) is 1. The summed E-state index contributed by atoms with van der Waals surface area (Å²) >= 11 is 0. The van der Waals surface area contributed by atoms with Crippen molar-refractivity contribution in [3.05, 3.63) is 24.0 Å². The lowest BCUT2D eigenvalue weighted by Crippen LogP contribution is -2.55. The highest BCUT2D eigenvalue weighted by Crippen LogP contribution is 2.24. The first-order valence-electron chi connectivity index (χ1n) is 5.44. The third-order valence-electron chi connectivity index (χ3n) is 2.72. The Morgan fingerprint density at radius 1 is 1.47 bits per heavy atom. The number of benzene rings is 1. The molecule has 0 aliphatic carbocycles. The van der Waals surface area contributed by atoms with Gasteiger partial charge in [0.15, 0.2) is 0 Å². The van der Waals surface area contributed by atoms with E-state index in [1.54, 1.807) is 0 Å². The molecule has 2 radical (unpaired) electrons. The number of morpholine rings is 1. The van der Waals surface area contributed by atoms with Gasteiger partial charge in [-0.15, -0.1) is 0 Å². The molecule has 102 valence electrons. The fraction of sp³-hybridized carbons (Fsp3) is 0.400. The van der Waals surface area contributed by atoms with Crippen LogP contribution in [0.15, 0.2) is 23.1 Å². The number of nitrogens with two attached hydrogens (primary N) is 1. The zero-order valence-electron chi connectivity index (χ0n) is 9.86. The predicted octanol–water partition coefficient (Wildman–Crippen LogP) is -0.758. The van der Waals surface area contributed by atoms with Crippen LogP contribution in [0, 0.1) is 5.82 Å². The van der Waals surface area contributed by atoms with Gasteiger partial charge in [-0.1, -0.05) is 0 Å².